The molecule has 0 saturated carbocycles. The number of nitrogen functional groups attached to an aromatic ring is 1. The van der Waals surface area contributed by atoms with Crippen molar-refractivity contribution < 1.29 is 4.74 Å². The average Bonchev–Trinajstić information content (AvgIpc) is 2.75. The number of ether oxygens (including phenoxy) is 1. The Kier molecular flexibility index (Phi) is 3.52. The average molecular weight is 233 g/mol. The first kappa shape index (κ1) is 11.8. The van der Waals surface area contributed by atoms with Gasteiger partial charge in [-0.3, -0.25) is 0 Å². The minimum atomic E-state index is 0.0770. The normalized spacial score (nSPS) is 15.5. The first-order chi connectivity index (χ1) is 8.15. The van der Waals surface area contributed by atoms with E-state index in [1.807, 2.05) is 26.0 Å². The standard InChI is InChI=1S/C13H19N3O/c1-9(2)17-13-11(14)7-8-12(16-13)15-10-5-3-4-6-10/h3-4,7-10H,5-6,14H2,1-2H3,(H,15,16). The Hall–Kier alpha value is -1.71. The third kappa shape index (κ3) is 3.12. The van der Waals surface area contributed by atoms with Crippen molar-refractivity contribution in [3.05, 3.63) is 24.3 Å². The predicted octanol–water partition coefficient (Wildman–Crippen LogP) is 2.58. The van der Waals surface area contributed by atoms with Crippen LogP contribution in [0.3, 0.4) is 0 Å². The van der Waals surface area contributed by atoms with Gasteiger partial charge in [0, 0.05) is 6.04 Å². The molecule has 0 radical (unpaired) electrons. The summed E-state index contributed by atoms with van der Waals surface area (Å²) in [5.74, 6) is 1.33. The lowest BCUT2D eigenvalue weighted by Gasteiger charge is -2.15. The van der Waals surface area contributed by atoms with E-state index in [1.165, 1.54) is 0 Å². The molecule has 17 heavy (non-hydrogen) atoms. The maximum Gasteiger partial charge on any atom is 0.239 e. The molecule has 1 aliphatic carbocycles. The number of hydrogen-bond acceptors (Lipinski definition) is 4. The third-order valence-corrected chi connectivity index (χ3v) is 2.60. The van der Waals surface area contributed by atoms with E-state index in [9.17, 15) is 0 Å². The maximum atomic E-state index is 5.82. The predicted molar refractivity (Wildman–Crippen MR) is 70.2 cm³/mol. The first-order valence-corrected chi connectivity index (χ1v) is 6.00. The molecule has 92 valence electrons. The zero-order valence-corrected chi connectivity index (χ0v) is 10.3. The molecular weight excluding hydrogens is 214 g/mol. The molecule has 2 rings (SSSR count). The molecule has 1 aromatic heterocycles. The fourth-order valence-electron chi connectivity index (χ4n) is 1.79. The van der Waals surface area contributed by atoms with Crippen molar-refractivity contribution in [2.45, 2.75) is 38.8 Å². The Bertz CT molecular complexity index is 407. The van der Waals surface area contributed by atoms with Gasteiger partial charge in [0.2, 0.25) is 5.88 Å². The molecule has 0 unspecified atom stereocenters. The Balaban J connectivity index is 2.07. The highest BCUT2D eigenvalue weighted by Gasteiger charge is 2.12. The van der Waals surface area contributed by atoms with Gasteiger partial charge in [-0.1, -0.05) is 12.2 Å². The van der Waals surface area contributed by atoms with Crippen LogP contribution in [0.1, 0.15) is 26.7 Å². The lowest BCUT2D eigenvalue weighted by atomic mass is 10.2. The Labute approximate surface area is 102 Å². The number of aromatic nitrogens is 1. The van der Waals surface area contributed by atoms with Crippen LogP contribution in [0.15, 0.2) is 24.3 Å². The van der Waals surface area contributed by atoms with Gasteiger partial charge in [-0.25, -0.2) is 0 Å². The van der Waals surface area contributed by atoms with Gasteiger partial charge in [0.05, 0.1) is 11.8 Å². The topological polar surface area (TPSA) is 60.2 Å². The summed E-state index contributed by atoms with van der Waals surface area (Å²) in [4.78, 5) is 4.39. The lowest BCUT2D eigenvalue weighted by molar-refractivity contribution is 0.234. The Morgan fingerprint density at radius 3 is 2.71 bits per heavy atom. The summed E-state index contributed by atoms with van der Waals surface area (Å²) in [5.41, 5.74) is 6.40. The smallest absolute Gasteiger partial charge is 0.239 e. The van der Waals surface area contributed by atoms with Crippen LogP contribution in [-0.4, -0.2) is 17.1 Å². The van der Waals surface area contributed by atoms with Crippen molar-refractivity contribution >= 4 is 11.5 Å². The van der Waals surface area contributed by atoms with Crippen molar-refractivity contribution in [2.75, 3.05) is 11.1 Å². The van der Waals surface area contributed by atoms with Gasteiger partial charge in [0.25, 0.3) is 0 Å². The van der Waals surface area contributed by atoms with Gasteiger partial charge in [-0.2, -0.15) is 4.98 Å². The first-order valence-electron chi connectivity index (χ1n) is 6.00. The highest BCUT2D eigenvalue weighted by Crippen LogP contribution is 2.23. The van der Waals surface area contributed by atoms with Crippen LogP contribution < -0.4 is 15.8 Å². The number of rotatable bonds is 4. The van der Waals surface area contributed by atoms with Crippen molar-refractivity contribution in [1.29, 1.82) is 0 Å². The van der Waals surface area contributed by atoms with Crippen molar-refractivity contribution in [3.8, 4) is 5.88 Å². The van der Waals surface area contributed by atoms with Gasteiger partial charge < -0.3 is 15.8 Å². The summed E-state index contributed by atoms with van der Waals surface area (Å²) in [6.07, 6.45) is 6.54. The summed E-state index contributed by atoms with van der Waals surface area (Å²) in [5, 5.41) is 3.37. The number of nitrogens with two attached hydrogens (primary N) is 1. The molecule has 0 saturated heterocycles. The zero-order valence-electron chi connectivity index (χ0n) is 10.3. The number of nitrogens with zero attached hydrogens (tertiary/aromatic N) is 1. The van der Waals surface area contributed by atoms with Crippen LogP contribution in [0.4, 0.5) is 11.5 Å². The summed E-state index contributed by atoms with van der Waals surface area (Å²) in [6, 6.07) is 4.16. The van der Waals surface area contributed by atoms with Gasteiger partial charge in [0.1, 0.15) is 5.82 Å². The van der Waals surface area contributed by atoms with Crippen LogP contribution in [-0.2, 0) is 0 Å². The number of pyridine rings is 1. The van der Waals surface area contributed by atoms with Crippen LogP contribution in [0.25, 0.3) is 0 Å². The Morgan fingerprint density at radius 2 is 2.06 bits per heavy atom. The second-order valence-corrected chi connectivity index (χ2v) is 4.54. The molecular formula is C13H19N3O. The fourth-order valence-corrected chi connectivity index (χ4v) is 1.79. The van der Waals surface area contributed by atoms with Crippen LogP contribution >= 0.6 is 0 Å². The monoisotopic (exact) mass is 233 g/mol. The van der Waals surface area contributed by atoms with Gasteiger partial charge in [-0.05, 0) is 38.8 Å². The second-order valence-electron chi connectivity index (χ2n) is 4.54. The summed E-state index contributed by atoms with van der Waals surface area (Å²) in [6.45, 7) is 3.92. The highest BCUT2D eigenvalue weighted by atomic mass is 16.5. The molecule has 4 heteroatoms. The third-order valence-electron chi connectivity index (χ3n) is 2.60. The van der Waals surface area contributed by atoms with E-state index < -0.39 is 0 Å². The number of anilines is 2. The number of nitrogens with one attached hydrogen (secondary N) is 1. The quantitative estimate of drug-likeness (QED) is 0.785. The van der Waals surface area contributed by atoms with E-state index in [-0.39, 0.29) is 6.10 Å². The molecule has 1 aromatic rings. The van der Waals surface area contributed by atoms with E-state index in [4.69, 9.17) is 10.5 Å². The van der Waals surface area contributed by atoms with Crippen LogP contribution in [0.2, 0.25) is 0 Å². The number of hydrogen-bond donors (Lipinski definition) is 2. The Morgan fingerprint density at radius 1 is 1.35 bits per heavy atom. The molecule has 1 heterocycles. The lowest BCUT2D eigenvalue weighted by Crippen LogP contribution is -2.17. The molecule has 0 atom stereocenters. The molecule has 0 fully saturated rings. The molecule has 1 aliphatic rings. The molecule has 4 nitrogen and oxygen atoms in total. The van der Waals surface area contributed by atoms with Crippen LogP contribution in [0.5, 0.6) is 5.88 Å². The highest BCUT2D eigenvalue weighted by molar-refractivity contribution is 5.54. The molecule has 0 spiro atoms. The summed E-state index contributed by atoms with van der Waals surface area (Å²) in [7, 11) is 0. The SMILES string of the molecule is CC(C)Oc1nc(NC2CC=CC2)ccc1N. The van der Waals surface area contributed by atoms with E-state index in [0.717, 1.165) is 18.7 Å². The molecule has 0 amide bonds. The van der Waals surface area contributed by atoms with E-state index in [2.05, 4.69) is 22.5 Å². The molecule has 0 aliphatic heterocycles. The van der Waals surface area contributed by atoms with Crippen molar-refractivity contribution in [1.82, 2.24) is 4.98 Å². The van der Waals surface area contributed by atoms with Gasteiger partial charge >= 0.3 is 0 Å². The molecule has 0 bridgehead atoms. The maximum absolute atomic E-state index is 5.82. The summed E-state index contributed by atoms with van der Waals surface area (Å²) >= 11 is 0. The molecule has 3 N–H and O–H groups in total. The minimum Gasteiger partial charge on any atom is -0.473 e. The summed E-state index contributed by atoms with van der Waals surface area (Å²) < 4.78 is 5.56. The minimum absolute atomic E-state index is 0.0770. The van der Waals surface area contributed by atoms with Gasteiger partial charge in [-0.15, -0.1) is 0 Å². The zero-order chi connectivity index (χ0) is 12.3. The van der Waals surface area contributed by atoms with Crippen molar-refractivity contribution in [3.63, 3.8) is 0 Å². The van der Waals surface area contributed by atoms with Gasteiger partial charge in [0.15, 0.2) is 0 Å². The van der Waals surface area contributed by atoms with E-state index in [0.29, 0.717) is 17.6 Å². The van der Waals surface area contributed by atoms with Crippen LogP contribution in [0, 0.1) is 0 Å². The fraction of sp³-hybridized carbons (Fsp3) is 0.462. The molecule has 0 aromatic carbocycles. The van der Waals surface area contributed by atoms with E-state index in [1.54, 1.807) is 0 Å². The van der Waals surface area contributed by atoms with E-state index >= 15 is 0 Å². The second kappa shape index (κ2) is 5.08. The van der Waals surface area contributed by atoms with Crippen molar-refractivity contribution in [2.24, 2.45) is 0 Å². The largest absolute Gasteiger partial charge is 0.473 e.